The summed E-state index contributed by atoms with van der Waals surface area (Å²) in [5.74, 6) is -0.195. The molecule has 2 nitrogen and oxygen atoms in total. The Morgan fingerprint density at radius 2 is 1.88 bits per heavy atom. The van der Waals surface area contributed by atoms with Gasteiger partial charge in [0, 0.05) is 0 Å². The fourth-order valence-electron chi connectivity index (χ4n) is 1.22. The second-order valence-corrected chi connectivity index (χ2v) is 4.18. The standard InChI is InChI=1S/C10H11ClF3NO/c1-5(2)9(16)6-3-7(10(12,13)14)15-8(11)4-6/h3-5,9,16H,1-2H3. The molecule has 16 heavy (non-hydrogen) atoms. The third-order valence-electron chi connectivity index (χ3n) is 2.08. The van der Waals surface area contributed by atoms with Crippen LogP contribution in [-0.4, -0.2) is 10.1 Å². The van der Waals surface area contributed by atoms with Crippen molar-refractivity contribution in [2.75, 3.05) is 0 Å². The zero-order chi connectivity index (χ0) is 12.5. The quantitative estimate of drug-likeness (QED) is 0.819. The van der Waals surface area contributed by atoms with Crippen LogP contribution in [0.1, 0.15) is 31.2 Å². The molecule has 1 N–H and O–H groups in total. The highest BCUT2D eigenvalue weighted by molar-refractivity contribution is 6.29. The predicted molar refractivity (Wildman–Crippen MR) is 54.0 cm³/mol. The minimum absolute atomic E-state index is 0.127. The van der Waals surface area contributed by atoms with Crippen LogP contribution >= 0.6 is 11.6 Å². The molecule has 0 amide bonds. The Hall–Kier alpha value is -0.810. The first kappa shape index (κ1) is 13.3. The van der Waals surface area contributed by atoms with Gasteiger partial charge in [0.2, 0.25) is 0 Å². The molecule has 0 saturated heterocycles. The van der Waals surface area contributed by atoms with Crippen molar-refractivity contribution in [2.45, 2.75) is 26.1 Å². The Morgan fingerprint density at radius 3 is 2.31 bits per heavy atom. The second kappa shape index (κ2) is 4.59. The van der Waals surface area contributed by atoms with Crippen LogP contribution in [0.25, 0.3) is 0 Å². The Balaban J connectivity index is 3.18. The van der Waals surface area contributed by atoms with Gasteiger partial charge in [0.1, 0.15) is 10.8 Å². The van der Waals surface area contributed by atoms with E-state index < -0.39 is 18.0 Å². The fourth-order valence-corrected chi connectivity index (χ4v) is 1.43. The van der Waals surface area contributed by atoms with Gasteiger partial charge in [-0.3, -0.25) is 0 Å². The van der Waals surface area contributed by atoms with Crippen LogP contribution in [0.2, 0.25) is 5.15 Å². The van der Waals surface area contributed by atoms with Gasteiger partial charge in [-0.1, -0.05) is 25.4 Å². The number of rotatable bonds is 2. The van der Waals surface area contributed by atoms with Crippen molar-refractivity contribution in [3.63, 3.8) is 0 Å². The lowest BCUT2D eigenvalue weighted by Gasteiger charge is -2.16. The highest BCUT2D eigenvalue weighted by Crippen LogP contribution is 2.32. The summed E-state index contributed by atoms with van der Waals surface area (Å²) in [7, 11) is 0. The Labute approximate surface area is 96.1 Å². The summed E-state index contributed by atoms with van der Waals surface area (Å²) < 4.78 is 37.2. The number of nitrogens with zero attached hydrogens (tertiary/aromatic N) is 1. The zero-order valence-corrected chi connectivity index (χ0v) is 9.47. The van der Waals surface area contributed by atoms with Gasteiger partial charge >= 0.3 is 6.18 Å². The summed E-state index contributed by atoms with van der Waals surface area (Å²) >= 11 is 5.48. The van der Waals surface area contributed by atoms with Gasteiger partial charge in [-0.05, 0) is 23.6 Å². The van der Waals surface area contributed by atoms with Gasteiger partial charge in [-0.25, -0.2) is 4.98 Å². The van der Waals surface area contributed by atoms with Crippen LogP contribution in [0.5, 0.6) is 0 Å². The number of aliphatic hydroxyl groups excluding tert-OH is 1. The van der Waals surface area contributed by atoms with Crippen LogP contribution < -0.4 is 0 Å². The molecule has 1 rings (SSSR count). The van der Waals surface area contributed by atoms with Crippen LogP contribution in [0.15, 0.2) is 12.1 Å². The summed E-state index contributed by atoms with van der Waals surface area (Å²) in [5, 5.41) is 9.39. The molecule has 0 bridgehead atoms. The molecule has 0 aliphatic heterocycles. The maximum absolute atomic E-state index is 12.4. The molecule has 0 aromatic carbocycles. The third-order valence-corrected chi connectivity index (χ3v) is 2.27. The first-order chi connectivity index (χ1) is 7.21. The molecular formula is C10H11ClF3NO. The van der Waals surface area contributed by atoms with E-state index in [0.29, 0.717) is 0 Å². The van der Waals surface area contributed by atoms with Gasteiger partial charge < -0.3 is 5.11 Å². The van der Waals surface area contributed by atoms with E-state index in [2.05, 4.69) is 4.98 Å². The van der Waals surface area contributed by atoms with Gasteiger partial charge in [-0.2, -0.15) is 13.2 Å². The molecule has 1 unspecified atom stereocenters. The van der Waals surface area contributed by atoms with E-state index in [1.165, 1.54) is 6.07 Å². The summed E-state index contributed by atoms with van der Waals surface area (Å²) in [5.41, 5.74) is -0.961. The van der Waals surface area contributed by atoms with E-state index in [-0.39, 0.29) is 16.6 Å². The first-order valence-corrected chi connectivity index (χ1v) is 5.02. The second-order valence-electron chi connectivity index (χ2n) is 3.80. The van der Waals surface area contributed by atoms with Crippen molar-refractivity contribution in [1.82, 2.24) is 4.98 Å². The summed E-state index contributed by atoms with van der Waals surface area (Å²) in [6.07, 6.45) is -5.54. The van der Waals surface area contributed by atoms with Gasteiger partial charge in [0.05, 0.1) is 6.10 Å². The molecule has 1 heterocycles. The number of alkyl halides is 3. The molecule has 0 radical (unpaired) electrons. The predicted octanol–water partition coefficient (Wildman–Crippen LogP) is 3.44. The molecule has 1 aromatic rings. The SMILES string of the molecule is CC(C)C(O)c1cc(Cl)nc(C(F)(F)F)c1. The number of hydrogen-bond donors (Lipinski definition) is 1. The number of aliphatic hydroxyl groups is 1. The lowest BCUT2D eigenvalue weighted by molar-refractivity contribution is -0.141. The van der Waals surface area contributed by atoms with E-state index in [1.54, 1.807) is 13.8 Å². The molecule has 0 aliphatic carbocycles. The number of pyridine rings is 1. The van der Waals surface area contributed by atoms with Crippen molar-refractivity contribution in [1.29, 1.82) is 0 Å². The number of halogens is 4. The third kappa shape index (κ3) is 3.09. The highest BCUT2D eigenvalue weighted by atomic mass is 35.5. The van der Waals surface area contributed by atoms with Gasteiger partial charge in [0.15, 0.2) is 0 Å². The first-order valence-electron chi connectivity index (χ1n) is 4.64. The Morgan fingerprint density at radius 1 is 1.31 bits per heavy atom. The molecule has 6 heteroatoms. The topological polar surface area (TPSA) is 33.1 Å². The average Bonchev–Trinajstić information content (AvgIpc) is 2.14. The van der Waals surface area contributed by atoms with E-state index in [1.807, 2.05) is 0 Å². The molecule has 0 saturated carbocycles. The maximum atomic E-state index is 12.4. The molecule has 0 fully saturated rings. The highest BCUT2D eigenvalue weighted by Gasteiger charge is 2.33. The number of aromatic nitrogens is 1. The summed E-state index contributed by atoms with van der Waals surface area (Å²) in [6, 6.07) is 2.05. The van der Waals surface area contributed by atoms with Gasteiger partial charge in [-0.15, -0.1) is 0 Å². The largest absolute Gasteiger partial charge is 0.433 e. The molecule has 0 aliphatic rings. The lowest BCUT2D eigenvalue weighted by atomic mass is 9.99. The van der Waals surface area contributed by atoms with E-state index in [0.717, 1.165) is 6.07 Å². The van der Waals surface area contributed by atoms with Crippen molar-refractivity contribution in [2.24, 2.45) is 5.92 Å². The molecule has 1 aromatic heterocycles. The molecular weight excluding hydrogens is 243 g/mol. The van der Waals surface area contributed by atoms with Crippen LogP contribution in [0, 0.1) is 5.92 Å². The van der Waals surface area contributed by atoms with Crippen LogP contribution in [-0.2, 0) is 6.18 Å². The smallest absolute Gasteiger partial charge is 0.388 e. The Bertz CT molecular complexity index is 379. The van der Waals surface area contributed by atoms with E-state index in [9.17, 15) is 18.3 Å². The van der Waals surface area contributed by atoms with Crippen molar-refractivity contribution < 1.29 is 18.3 Å². The molecule has 90 valence electrons. The van der Waals surface area contributed by atoms with Crippen molar-refractivity contribution >= 4 is 11.6 Å². The zero-order valence-electron chi connectivity index (χ0n) is 8.72. The molecule has 1 atom stereocenters. The van der Waals surface area contributed by atoms with Crippen molar-refractivity contribution in [3.05, 3.63) is 28.5 Å². The summed E-state index contributed by atoms with van der Waals surface area (Å²) in [6.45, 7) is 3.40. The normalized spacial score (nSPS) is 14.2. The minimum Gasteiger partial charge on any atom is -0.388 e. The lowest BCUT2D eigenvalue weighted by Crippen LogP contribution is -2.12. The summed E-state index contributed by atoms with van der Waals surface area (Å²) in [4.78, 5) is 3.18. The van der Waals surface area contributed by atoms with Crippen LogP contribution in [0.4, 0.5) is 13.2 Å². The van der Waals surface area contributed by atoms with E-state index in [4.69, 9.17) is 11.6 Å². The average molecular weight is 254 g/mol. The van der Waals surface area contributed by atoms with Crippen molar-refractivity contribution in [3.8, 4) is 0 Å². The van der Waals surface area contributed by atoms with Crippen LogP contribution in [0.3, 0.4) is 0 Å². The minimum atomic E-state index is -4.56. The fraction of sp³-hybridized carbons (Fsp3) is 0.500. The monoisotopic (exact) mass is 253 g/mol. The Kier molecular flexibility index (Phi) is 3.80. The number of hydrogen-bond acceptors (Lipinski definition) is 2. The maximum Gasteiger partial charge on any atom is 0.433 e. The molecule has 0 spiro atoms. The van der Waals surface area contributed by atoms with E-state index >= 15 is 0 Å². The van der Waals surface area contributed by atoms with Gasteiger partial charge in [0.25, 0.3) is 0 Å².